The fourth-order valence-electron chi connectivity index (χ4n) is 9.76. The maximum absolute atomic E-state index is 17.7. The molecule has 0 saturated carbocycles. The molecule has 0 radical (unpaired) electrons. The molecule has 58 heavy (non-hydrogen) atoms. The van der Waals surface area contributed by atoms with Crippen molar-refractivity contribution < 1.29 is 40.2 Å². The van der Waals surface area contributed by atoms with Crippen molar-refractivity contribution in [2.24, 2.45) is 0 Å². The van der Waals surface area contributed by atoms with Crippen LogP contribution in [0.2, 0.25) is 0 Å². The second kappa shape index (κ2) is 13.4. The summed E-state index contributed by atoms with van der Waals surface area (Å²) < 4.78 is 93.3. The van der Waals surface area contributed by atoms with Crippen molar-refractivity contribution in [3.8, 4) is 41.0 Å². The zero-order valence-corrected chi connectivity index (χ0v) is 31.6. The Bertz CT molecular complexity index is 2730. The summed E-state index contributed by atoms with van der Waals surface area (Å²) in [5.41, 5.74) is -1.86. The number of hydrogen-bond donors (Lipinski definition) is 1. The summed E-state index contributed by atoms with van der Waals surface area (Å²) in [6.45, 7) is 1.94. The van der Waals surface area contributed by atoms with Gasteiger partial charge in [-0.05, 0) is 73.5 Å². The lowest BCUT2D eigenvalue weighted by atomic mass is 9.92. The molecule has 0 aliphatic carbocycles. The van der Waals surface area contributed by atoms with Gasteiger partial charge in [-0.15, -0.1) is 6.42 Å². The van der Waals surface area contributed by atoms with E-state index in [9.17, 15) is 22.9 Å². The third-order valence-electron chi connectivity index (χ3n) is 12.3. The van der Waals surface area contributed by atoms with Gasteiger partial charge in [-0.3, -0.25) is 15.0 Å². The molecular weight excluding hydrogens is 778 g/mol. The third kappa shape index (κ3) is 5.79. The lowest BCUT2D eigenvalue weighted by Gasteiger charge is -2.40. The van der Waals surface area contributed by atoms with Crippen LogP contribution in [-0.2, 0) is 10.1 Å². The Balaban J connectivity index is 1.16. The quantitative estimate of drug-likeness (QED) is 0.0843. The fourth-order valence-corrected chi connectivity index (χ4v) is 10.8. The van der Waals surface area contributed by atoms with E-state index in [0.717, 1.165) is 50.4 Å². The first-order valence-electron chi connectivity index (χ1n) is 19.1. The number of benzene rings is 4. The summed E-state index contributed by atoms with van der Waals surface area (Å²) in [4.78, 5) is 23.9. The third-order valence-corrected chi connectivity index (χ3v) is 13.6. The van der Waals surface area contributed by atoms with Gasteiger partial charge >= 0.3 is 16.1 Å². The van der Waals surface area contributed by atoms with Crippen LogP contribution in [0.25, 0.3) is 32.8 Å². The van der Waals surface area contributed by atoms with E-state index in [1.807, 2.05) is 0 Å². The van der Waals surface area contributed by atoms with Crippen LogP contribution in [0.1, 0.15) is 37.7 Å². The summed E-state index contributed by atoms with van der Waals surface area (Å²) in [5.74, 6) is 0.974. The van der Waals surface area contributed by atoms with Crippen LogP contribution in [0.4, 0.5) is 24.7 Å². The molecular formula is C41H35F3N6O7S. The van der Waals surface area contributed by atoms with Crippen LogP contribution in [0.15, 0.2) is 59.5 Å². The molecule has 5 aliphatic rings. The van der Waals surface area contributed by atoms with Gasteiger partial charge in [-0.1, -0.05) is 24.1 Å². The number of halogens is 3. The van der Waals surface area contributed by atoms with E-state index >= 15 is 8.78 Å². The Morgan fingerprint density at radius 3 is 2.76 bits per heavy atom. The number of nitrogens with zero attached hydrogens (tertiary/aromatic N) is 5. The number of hydrogen-bond acceptors (Lipinski definition) is 12. The van der Waals surface area contributed by atoms with Crippen molar-refractivity contribution in [1.29, 1.82) is 0 Å². The average molecular weight is 813 g/mol. The number of nitrogens with one attached hydrogen (secondary N) is 1. The fraction of sp³-hybridized carbons (Fsp3) is 0.366. The Kier molecular flexibility index (Phi) is 8.48. The molecule has 17 heteroatoms. The molecule has 2 bridgehead atoms. The SMILES string of the molecule is C#Cc1c(F)ccc2cc(OS(=O)(=O)c3ccccc3[N+](=O)[O-])cc(-c3cc4c5c(nc(OC[C@@]67CCCN6C[C@H](F)C7)nc5c3F)N3C[C@H]5CC[C@H](N5)[C@H]3CO4)c12. The first-order valence-corrected chi connectivity index (χ1v) is 20.5. The van der Waals surface area contributed by atoms with Crippen molar-refractivity contribution in [3.05, 3.63) is 81.9 Å². The first-order chi connectivity index (χ1) is 27.9. The number of ether oxygens (including phenoxy) is 2. The Morgan fingerprint density at radius 1 is 1.09 bits per heavy atom. The van der Waals surface area contributed by atoms with Crippen LogP contribution >= 0.6 is 0 Å². The highest BCUT2D eigenvalue weighted by Crippen LogP contribution is 2.47. The lowest BCUT2D eigenvalue weighted by Crippen LogP contribution is -2.60. The van der Waals surface area contributed by atoms with E-state index in [1.165, 1.54) is 36.4 Å². The number of alkyl halides is 1. The van der Waals surface area contributed by atoms with E-state index in [0.29, 0.717) is 30.7 Å². The normalized spacial score (nSPS) is 24.9. The summed E-state index contributed by atoms with van der Waals surface area (Å²) in [7, 11) is -4.84. The number of fused-ring (bicyclic) bond motifs is 7. The molecule has 5 aliphatic heterocycles. The Hall–Kier alpha value is -5.70. The average Bonchev–Trinajstić information content (AvgIpc) is 3.84. The highest BCUT2D eigenvalue weighted by atomic mass is 32.2. The van der Waals surface area contributed by atoms with Gasteiger partial charge in [-0.25, -0.2) is 13.2 Å². The van der Waals surface area contributed by atoms with Gasteiger partial charge in [0, 0.05) is 48.6 Å². The van der Waals surface area contributed by atoms with Crippen LogP contribution in [0.5, 0.6) is 17.5 Å². The number of piperazine rings is 1. The molecule has 5 aromatic rings. The van der Waals surface area contributed by atoms with Crippen molar-refractivity contribution in [1.82, 2.24) is 20.2 Å². The molecule has 0 amide bonds. The Labute approximate surface area is 330 Å². The summed E-state index contributed by atoms with van der Waals surface area (Å²) in [6, 6.07) is 11.0. The molecule has 4 aromatic carbocycles. The van der Waals surface area contributed by atoms with Gasteiger partial charge in [0.2, 0.25) is 0 Å². The highest BCUT2D eigenvalue weighted by Gasteiger charge is 2.50. The molecule has 5 atom stereocenters. The first kappa shape index (κ1) is 36.6. The predicted octanol–water partition coefficient (Wildman–Crippen LogP) is 6.04. The van der Waals surface area contributed by atoms with Gasteiger partial charge in [0.25, 0.3) is 5.69 Å². The molecule has 0 spiro atoms. The smallest absolute Gasteiger partial charge is 0.346 e. The molecule has 0 unspecified atom stereocenters. The van der Waals surface area contributed by atoms with Crippen molar-refractivity contribution >= 4 is 43.3 Å². The maximum Gasteiger partial charge on any atom is 0.346 e. The van der Waals surface area contributed by atoms with E-state index < -0.39 is 49.0 Å². The van der Waals surface area contributed by atoms with Gasteiger partial charge in [-0.2, -0.15) is 18.4 Å². The molecule has 4 saturated heterocycles. The van der Waals surface area contributed by atoms with Crippen LogP contribution in [-0.4, -0.2) is 90.9 Å². The molecule has 6 heterocycles. The van der Waals surface area contributed by atoms with Crippen LogP contribution < -0.4 is 23.9 Å². The number of terminal acetylenes is 1. The number of para-hydroxylation sites is 1. The molecule has 298 valence electrons. The second-order valence-electron chi connectivity index (χ2n) is 15.6. The van der Waals surface area contributed by atoms with Crippen molar-refractivity contribution in [3.63, 3.8) is 0 Å². The highest BCUT2D eigenvalue weighted by molar-refractivity contribution is 7.87. The van der Waals surface area contributed by atoms with Gasteiger partial charge < -0.3 is 23.9 Å². The number of nitro benzene ring substituents is 1. The van der Waals surface area contributed by atoms with Gasteiger partial charge in [0.15, 0.2) is 10.7 Å². The number of anilines is 1. The summed E-state index contributed by atoms with van der Waals surface area (Å²) in [6.07, 6.45) is 8.63. The predicted molar refractivity (Wildman–Crippen MR) is 206 cm³/mol. The van der Waals surface area contributed by atoms with Gasteiger partial charge in [0.1, 0.15) is 48.0 Å². The molecule has 1 aromatic heterocycles. The topological polar surface area (TPSA) is 149 Å². The second-order valence-corrected chi connectivity index (χ2v) is 17.1. The zero-order valence-electron chi connectivity index (χ0n) is 30.8. The van der Waals surface area contributed by atoms with Crippen molar-refractivity contribution in [2.45, 2.75) is 66.8 Å². The summed E-state index contributed by atoms with van der Waals surface area (Å²) in [5, 5.41) is 16.0. The van der Waals surface area contributed by atoms with Gasteiger partial charge in [0.05, 0.1) is 27.5 Å². The van der Waals surface area contributed by atoms with E-state index in [4.69, 9.17) is 25.1 Å². The minimum absolute atomic E-state index is 0.0530. The monoisotopic (exact) mass is 812 g/mol. The number of aromatic nitrogens is 2. The largest absolute Gasteiger partial charge is 0.491 e. The maximum atomic E-state index is 17.7. The van der Waals surface area contributed by atoms with Crippen LogP contribution in [0.3, 0.4) is 0 Å². The van der Waals surface area contributed by atoms with Crippen LogP contribution in [0, 0.1) is 34.1 Å². The summed E-state index contributed by atoms with van der Waals surface area (Å²) >= 11 is 0. The molecule has 10 rings (SSSR count). The van der Waals surface area contributed by atoms with E-state index in [2.05, 4.69) is 26.0 Å². The Morgan fingerprint density at radius 2 is 1.93 bits per heavy atom. The molecule has 1 N–H and O–H groups in total. The van der Waals surface area contributed by atoms with E-state index in [-0.39, 0.29) is 81.8 Å². The lowest BCUT2D eigenvalue weighted by molar-refractivity contribution is -0.387. The number of rotatable bonds is 8. The van der Waals surface area contributed by atoms with Crippen molar-refractivity contribution in [2.75, 3.05) is 37.7 Å². The van der Waals surface area contributed by atoms with E-state index in [1.54, 1.807) is 0 Å². The molecule has 13 nitrogen and oxygen atoms in total. The zero-order chi connectivity index (χ0) is 40.1. The minimum Gasteiger partial charge on any atom is -0.491 e. The minimum atomic E-state index is -4.84. The standard InChI is InChI=1S/C41H35F3N6O7S/c1-2-26-29(43)10-8-22-14-25(57-58(53,54)34-7-4-3-6-31(34)50(51)52)15-27(35(22)26)28-16-33-36-38(37(28)44)46-40(56-21-41-12-5-13-48(41)18-23(42)17-41)47-39(36)49-19-24-9-11-30(45-24)32(49)20-55-33/h1,3-4,6-8,10,14-16,23-24,30,32,45H,5,9,11-13,17-21H2/t23-,24-,30+,32-,41+/m1/s1. The molecule has 4 fully saturated rings. The number of nitro groups is 1.